The highest BCUT2D eigenvalue weighted by molar-refractivity contribution is 5.97. The molecule has 0 aliphatic rings. The van der Waals surface area contributed by atoms with Gasteiger partial charge in [0.2, 0.25) is 0 Å². The second-order valence-corrected chi connectivity index (χ2v) is 5.46. The molecule has 0 unspecified atom stereocenters. The molecule has 3 aromatic rings. The minimum atomic E-state index is -0.509. The molecule has 1 atom stereocenters. The van der Waals surface area contributed by atoms with Gasteiger partial charge in [-0.3, -0.25) is 4.79 Å². The van der Waals surface area contributed by atoms with Crippen molar-refractivity contribution < 1.29 is 14.3 Å². The summed E-state index contributed by atoms with van der Waals surface area (Å²) in [4.78, 5) is 12.6. The molecule has 0 spiro atoms. The van der Waals surface area contributed by atoms with E-state index in [9.17, 15) is 14.3 Å². The quantitative estimate of drug-likeness (QED) is 0.701. The van der Waals surface area contributed by atoms with E-state index in [0.717, 1.165) is 5.56 Å². The normalized spacial score (nSPS) is 11.9. The first-order valence-electron chi connectivity index (χ1n) is 7.66. The molecule has 0 aliphatic carbocycles. The van der Waals surface area contributed by atoms with E-state index in [1.165, 1.54) is 29.2 Å². The Hall–Kier alpha value is -3.13. The third-order valence-electron chi connectivity index (χ3n) is 3.68. The number of rotatable bonds is 6. The van der Waals surface area contributed by atoms with Crippen molar-refractivity contribution in [2.24, 2.45) is 0 Å². The first kappa shape index (κ1) is 16.7. The van der Waals surface area contributed by atoms with Gasteiger partial charge in [0.1, 0.15) is 12.1 Å². The monoisotopic (exact) mass is 341 g/mol. The zero-order chi connectivity index (χ0) is 17.6. The number of amides is 1. The van der Waals surface area contributed by atoms with Gasteiger partial charge in [-0.2, -0.15) is 4.68 Å². The third kappa shape index (κ3) is 4.04. The van der Waals surface area contributed by atoms with Crippen LogP contribution < -0.4 is 5.32 Å². The number of tetrazole rings is 1. The van der Waals surface area contributed by atoms with Gasteiger partial charge in [0.05, 0.1) is 23.9 Å². The van der Waals surface area contributed by atoms with Crippen molar-refractivity contribution >= 4 is 5.91 Å². The SMILES string of the molecule is O=C(N[C@@H](CO)Cc1ccccc1)c1ccc(F)cc1-n1cnnn1. The van der Waals surface area contributed by atoms with Crippen molar-refractivity contribution in [3.8, 4) is 5.69 Å². The molecule has 2 N–H and O–H groups in total. The van der Waals surface area contributed by atoms with Gasteiger partial charge in [0.15, 0.2) is 0 Å². The van der Waals surface area contributed by atoms with Gasteiger partial charge in [0, 0.05) is 6.07 Å². The first-order valence-corrected chi connectivity index (χ1v) is 7.66. The summed E-state index contributed by atoms with van der Waals surface area (Å²) < 4.78 is 14.8. The van der Waals surface area contributed by atoms with Crippen molar-refractivity contribution in [1.29, 1.82) is 0 Å². The molecule has 0 radical (unpaired) electrons. The number of nitrogens with zero attached hydrogens (tertiary/aromatic N) is 4. The Bertz CT molecular complexity index is 840. The van der Waals surface area contributed by atoms with E-state index >= 15 is 0 Å². The van der Waals surface area contributed by atoms with E-state index in [0.29, 0.717) is 6.42 Å². The van der Waals surface area contributed by atoms with Crippen LogP contribution in [0.3, 0.4) is 0 Å². The highest BCUT2D eigenvalue weighted by Gasteiger charge is 2.18. The lowest BCUT2D eigenvalue weighted by Gasteiger charge is -2.17. The molecule has 0 saturated heterocycles. The summed E-state index contributed by atoms with van der Waals surface area (Å²) in [5.41, 5.74) is 1.42. The molecule has 0 fully saturated rings. The Balaban J connectivity index is 1.81. The van der Waals surface area contributed by atoms with Crippen molar-refractivity contribution in [3.05, 3.63) is 71.8 Å². The van der Waals surface area contributed by atoms with Crippen LogP contribution >= 0.6 is 0 Å². The predicted molar refractivity (Wildman–Crippen MR) is 87.6 cm³/mol. The topological polar surface area (TPSA) is 92.9 Å². The molecule has 3 rings (SSSR count). The highest BCUT2D eigenvalue weighted by Crippen LogP contribution is 2.15. The number of halogens is 1. The van der Waals surface area contributed by atoms with E-state index < -0.39 is 17.8 Å². The number of aliphatic hydroxyl groups is 1. The minimum Gasteiger partial charge on any atom is -0.394 e. The molecular weight excluding hydrogens is 325 g/mol. The van der Waals surface area contributed by atoms with Crippen LogP contribution in [0.25, 0.3) is 5.69 Å². The predicted octanol–water partition coefficient (Wildman–Crippen LogP) is 1.13. The van der Waals surface area contributed by atoms with Crippen LogP contribution in [0.1, 0.15) is 15.9 Å². The van der Waals surface area contributed by atoms with Gasteiger partial charge in [-0.05, 0) is 34.5 Å². The molecule has 0 aliphatic heterocycles. The van der Waals surface area contributed by atoms with E-state index in [2.05, 4.69) is 20.8 Å². The summed E-state index contributed by atoms with van der Waals surface area (Å²) in [5, 5.41) is 23.0. The number of aliphatic hydroxyl groups excluding tert-OH is 1. The fraction of sp³-hybridized carbons (Fsp3) is 0.176. The second-order valence-electron chi connectivity index (χ2n) is 5.46. The molecule has 1 amide bonds. The van der Waals surface area contributed by atoms with Gasteiger partial charge in [-0.25, -0.2) is 4.39 Å². The summed E-state index contributed by atoms with van der Waals surface area (Å²) in [7, 11) is 0. The van der Waals surface area contributed by atoms with Crippen molar-refractivity contribution in [1.82, 2.24) is 25.5 Å². The molecular formula is C17H16FN5O2. The van der Waals surface area contributed by atoms with Crippen LogP contribution in [0, 0.1) is 5.82 Å². The summed E-state index contributed by atoms with van der Waals surface area (Å²) in [5.74, 6) is -0.953. The van der Waals surface area contributed by atoms with Gasteiger partial charge < -0.3 is 10.4 Å². The maximum Gasteiger partial charge on any atom is 0.253 e. The number of hydrogen-bond donors (Lipinski definition) is 2. The zero-order valence-corrected chi connectivity index (χ0v) is 13.2. The number of nitrogens with one attached hydrogen (secondary N) is 1. The Labute approximate surface area is 143 Å². The standard InChI is InChI=1S/C17H16FN5O2/c18-13-6-7-15(16(9-13)23-11-19-21-22-23)17(25)20-14(10-24)8-12-4-2-1-3-5-12/h1-7,9,11,14,24H,8,10H2,(H,20,25)/t14-/m1/s1. The number of hydrogen-bond acceptors (Lipinski definition) is 5. The zero-order valence-electron chi connectivity index (χ0n) is 13.2. The van der Waals surface area contributed by atoms with Crippen LogP contribution in [-0.4, -0.2) is 43.9 Å². The van der Waals surface area contributed by atoms with Crippen LogP contribution in [0.4, 0.5) is 4.39 Å². The second kappa shape index (κ2) is 7.63. The van der Waals surface area contributed by atoms with Crippen molar-refractivity contribution in [3.63, 3.8) is 0 Å². The summed E-state index contributed by atoms with van der Waals surface area (Å²) in [6.45, 7) is -0.220. The van der Waals surface area contributed by atoms with E-state index in [-0.39, 0.29) is 17.9 Å². The van der Waals surface area contributed by atoms with E-state index in [1.807, 2.05) is 30.3 Å². The average Bonchev–Trinajstić information content (AvgIpc) is 3.16. The molecule has 7 nitrogen and oxygen atoms in total. The van der Waals surface area contributed by atoms with Gasteiger partial charge in [-0.1, -0.05) is 30.3 Å². The number of aromatic nitrogens is 4. The molecule has 2 aromatic carbocycles. The fourth-order valence-electron chi connectivity index (χ4n) is 2.48. The average molecular weight is 341 g/mol. The Morgan fingerprint density at radius 1 is 1.24 bits per heavy atom. The van der Waals surface area contributed by atoms with E-state index in [4.69, 9.17) is 0 Å². The highest BCUT2D eigenvalue weighted by atomic mass is 19.1. The smallest absolute Gasteiger partial charge is 0.253 e. The Kier molecular flexibility index (Phi) is 5.10. The van der Waals surface area contributed by atoms with Crippen LogP contribution in [0.2, 0.25) is 0 Å². The Morgan fingerprint density at radius 2 is 2.04 bits per heavy atom. The largest absolute Gasteiger partial charge is 0.394 e. The Morgan fingerprint density at radius 3 is 2.72 bits per heavy atom. The molecule has 128 valence electrons. The molecule has 0 saturated carbocycles. The van der Waals surface area contributed by atoms with E-state index in [1.54, 1.807) is 0 Å². The third-order valence-corrected chi connectivity index (χ3v) is 3.68. The molecule has 8 heteroatoms. The van der Waals surface area contributed by atoms with Crippen molar-refractivity contribution in [2.45, 2.75) is 12.5 Å². The maximum atomic E-state index is 13.6. The minimum absolute atomic E-state index is 0.209. The number of carbonyl (C=O) groups excluding carboxylic acids is 1. The molecule has 0 bridgehead atoms. The maximum absolute atomic E-state index is 13.6. The molecule has 1 heterocycles. The molecule has 1 aromatic heterocycles. The first-order chi connectivity index (χ1) is 12.2. The summed E-state index contributed by atoms with van der Waals surface area (Å²) in [6.07, 6.45) is 1.75. The van der Waals surface area contributed by atoms with Crippen molar-refractivity contribution in [2.75, 3.05) is 6.61 Å². The lowest BCUT2D eigenvalue weighted by Crippen LogP contribution is -2.39. The number of carbonyl (C=O) groups is 1. The lowest BCUT2D eigenvalue weighted by atomic mass is 10.1. The van der Waals surface area contributed by atoms with Gasteiger partial charge in [-0.15, -0.1) is 5.10 Å². The summed E-state index contributed by atoms with van der Waals surface area (Å²) >= 11 is 0. The van der Waals surface area contributed by atoms with Gasteiger partial charge >= 0.3 is 0 Å². The van der Waals surface area contributed by atoms with Crippen LogP contribution in [-0.2, 0) is 6.42 Å². The number of benzene rings is 2. The summed E-state index contributed by atoms with van der Waals surface area (Å²) in [6, 6.07) is 12.8. The van der Waals surface area contributed by atoms with Gasteiger partial charge in [0.25, 0.3) is 5.91 Å². The fourth-order valence-corrected chi connectivity index (χ4v) is 2.48. The lowest BCUT2D eigenvalue weighted by molar-refractivity contribution is 0.0916. The van der Waals surface area contributed by atoms with Crippen LogP contribution in [0.15, 0.2) is 54.9 Å². The molecule has 25 heavy (non-hydrogen) atoms. The van der Waals surface area contributed by atoms with Crippen LogP contribution in [0.5, 0.6) is 0 Å².